The van der Waals surface area contributed by atoms with Crippen molar-refractivity contribution in [2.45, 2.75) is 25.5 Å². The highest BCUT2D eigenvalue weighted by molar-refractivity contribution is 7.99. The number of hydrogen-bond donors (Lipinski definition) is 2. The minimum Gasteiger partial charge on any atom is -0.399 e. The maximum atomic E-state index is 11.9. The normalized spacial score (nSPS) is 11.3. The van der Waals surface area contributed by atoms with Crippen molar-refractivity contribution in [3.63, 3.8) is 0 Å². The van der Waals surface area contributed by atoms with Crippen LogP contribution < -0.4 is 11.1 Å². The van der Waals surface area contributed by atoms with Crippen LogP contribution in [-0.4, -0.2) is 23.5 Å². The zero-order valence-corrected chi connectivity index (χ0v) is 11.6. The van der Waals surface area contributed by atoms with E-state index in [4.69, 9.17) is 5.73 Å². The first-order valence-electron chi connectivity index (χ1n) is 5.54. The fourth-order valence-electron chi connectivity index (χ4n) is 1.41. The van der Waals surface area contributed by atoms with Crippen molar-refractivity contribution in [3.8, 4) is 0 Å². The van der Waals surface area contributed by atoms with Gasteiger partial charge in [0.05, 0.1) is 0 Å². The molecule has 0 fully saturated rings. The summed E-state index contributed by atoms with van der Waals surface area (Å²) in [6.45, 7) is 6.77. The van der Waals surface area contributed by atoms with Crippen molar-refractivity contribution in [1.82, 2.24) is 5.32 Å². The Kier molecular flexibility index (Phi) is 4.46. The zero-order chi connectivity index (χ0) is 13.1. The van der Waals surface area contributed by atoms with Gasteiger partial charge in [-0.2, -0.15) is 11.8 Å². The Balaban J connectivity index is 2.70. The lowest BCUT2D eigenvalue weighted by Gasteiger charge is -2.22. The smallest absolute Gasteiger partial charge is 0.251 e. The summed E-state index contributed by atoms with van der Waals surface area (Å²) < 4.78 is 0.0467. The van der Waals surface area contributed by atoms with E-state index in [1.807, 2.05) is 25.3 Å². The molecule has 3 N–H and O–H groups in total. The first-order valence-corrected chi connectivity index (χ1v) is 6.77. The van der Waals surface area contributed by atoms with Crippen molar-refractivity contribution in [2.24, 2.45) is 0 Å². The molecule has 0 saturated heterocycles. The molecular weight excluding hydrogens is 232 g/mol. The summed E-state index contributed by atoms with van der Waals surface area (Å²) >= 11 is 1.73. The quantitative estimate of drug-likeness (QED) is 0.809. The zero-order valence-electron chi connectivity index (χ0n) is 10.8. The molecule has 1 rings (SSSR count). The molecule has 1 aromatic rings. The van der Waals surface area contributed by atoms with Gasteiger partial charge < -0.3 is 11.1 Å². The second-order valence-corrected chi connectivity index (χ2v) is 6.29. The average Bonchev–Trinajstić information content (AvgIpc) is 2.24. The summed E-state index contributed by atoms with van der Waals surface area (Å²) in [5, 5.41) is 2.93. The molecule has 0 unspecified atom stereocenters. The topological polar surface area (TPSA) is 55.1 Å². The third kappa shape index (κ3) is 4.30. The van der Waals surface area contributed by atoms with Gasteiger partial charge in [-0.3, -0.25) is 4.79 Å². The Hall–Kier alpha value is -1.16. The van der Waals surface area contributed by atoms with Gasteiger partial charge in [0, 0.05) is 22.5 Å². The van der Waals surface area contributed by atoms with E-state index in [-0.39, 0.29) is 10.7 Å². The minimum absolute atomic E-state index is 0.0467. The number of nitrogens with one attached hydrogen (secondary N) is 1. The maximum absolute atomic E-state index is 11.9. The van der Waals surface area contributed by atoms with Crippen LogP contribution in [-0.2, 0) is 0 Å². The van der Waals surface area contributed by atoms with Gasteiger partial charge in [-0.05, 0) is 50.8 Å². The van der Waals surface area contributed by atoms with Crippen molar-refractivity contribution in [1.29, 1.82) is 0 Å². The molecule has 0 bridgehead atoms. The number of nitrogen functional groups attached to an aromatic ring is 1. The molecule has 0 saturated carbocycles. The predicted octanol–water partition coefficient (Wildman–Crippen LogP) is 2.45. The molecule has 0 aliphatic carbocycles. The molecule has 0 spiro atoms. The second-order valence-electron chi connectivity index (χ2n) is 4.78. The maximum Gasteiger partial charge on any atom is 0.251 e. The molecular formula is C13H20N2OS. The highest BCUT2D eigenvalue weighted by Gasteiger charge is 2.17. The van der Waals surface area contributed by atoms with E-state index in [0.29, 0.717) is 17.8 Å². The lowest BCUT2D eigenvalue weighted by atomic mass is 10.1. The molecule has 94 valence electrons. The number of rotatable bonds is 4. The summed E-state index contributed by atoms with van der Waals surface area (Å²) in [5.74, 6) is -0.0671. The van der Waals surface area contributed by atoms with Crippen molar-refractivity contribution < 1.29 is 4.79 Å². The molecule has 0 aliphatic heterocycles. The van der Waals surface area contributed by atoms with E-state index in [2.05, 4.69) is 19.2 Å². The van der Waals surface area contributed by atoms with E-state index in [1.165, 1.54) is 0 Å². The number of anilines is 1. The van der Waals surface area contributed by atoms with E-state index in [1.54, 1.807) is 17.8 Å². The van der Waals surface area contributed by atoms with Gasteiger partial charge in [-0.1, -0.05) is 0 Å². The SMILES string of the molecule is CSC(C)(C)CNC(=O)c1cc(C)cc(N)c1. The van der Waals surface area contributed by atoms with E-state index in [9.17, 15) is 4.79 Å². The van der Waals surface area contributed by atoms with Crippen LogP contribution in [0.1, 0.15) is 29.8 Å². The summed E-state index contributed by atoms with van der Waals surface area (Å²) in [6, 6.07) is 5.40. The molecule has 1 amide bonds. The van der Waals surface area contributed by atoms with Gasteiger partial charge in [-0.25, -0.2) is 0 Å². The van der Waals surface area contributed by atoms with Gasteiger partial charge in [0.1, 0.15) is 0 Å². The predicted molar refractivity (Wildman–Crippen MR) is 75.5 cm³/mol. The van der Waals surface area contributed by atoms with Crippen LogP contribution in [0.25, 0.3) is 0 Å². The van der Waals surface area contributed by atoms with E-state index < -0.39 is 0 Å². The van der Waals surface area contributed by atoms with Crippen LogP contribution in [0.4, 0.5) is 5.69 Å². The number of carbonyl (C=O) groups is 1. The molecule has 4 heteroatoms. The Morgan fingerprint density at radius 1 is 1.41 bits per heavy atom. The lowest BCUT2D eigenvalue weighted by Crippen LogP contribution is -2.36. The molecule has 0 atom stereocenters. The highest BCUT2D eigenvalue weighted by atomic mass is 32.2. The van der Waals surface area contributed by atoms with Crippen molar-refractivity contribution in [3.05, 3.63) is 29.3 Å². The first kappa shape index (κ1) is 13.9. The van der Waals surface area contributed by atoms with E-state index >= 15 is 0 Å². The Labute approximate surface area is 107 Å². The monoisotopic (exact) mass is 252 g/mol. The van der Waals surface area contributed by atoms with Gasteiger partial charge >= 0.3 is 0 Å². The molecule has 3 nitrogen and oxygen atoms in total. The summed E-state index contributed by atoms with van der Waals surface area (Å²) in [5.41, 5.74) is 7.97. The second kappa shape index (κ2) is 5.45. The van der Waals surface area contributed by atoms with Crippen LogP contribution in [0, 0.1) is 6.92 Å². The fraction of sp³-hybridized carbons (Fsp3) is 0.462. The number of thioether (sulfide) groups is 1. The van der Waals surface area contributed by atoms with Gasteiger partial charge in [0.2, 0.25) is 0 Å². The van der Waals surface area contributed by atoms with Gasteiger partial charge in [-0.15, -0.1) is 0 Å². The summed E-state index contributed by atoms with van der Waals surface area (Å²) in [7, 11) is 0. The Bertz CT molecular complexity index is 396. The van der Waals surface area contributed by atoms with Crippen molar-refractivity contribution >= 4 is 23.4 Å². The molecule has 0 aromatic heterocycles. The number of amides is 1. The number of aryl methyl sites for hydroxylation is 1. The highest BCUT2D eigenvalue weighted by Crippen LogP contribution is 2.20. The largest absolute Gasteiger partial charge is 0.399 e. The third-order valence-electron chi connectivity index (χ3n) is 2.59. The van der Waals surface area contributed by atoms with Crippen LogP contribution in [0.3, 0.4) is 0 Å². The van der Waals surface area contributed by atoms with Crippen LogP contribution in [0.2, 0.25) is 0 Å². The molecule has 1 aromatic carbocycles. The molecule has 0 radical (unpaired) electrons. The fourth-order valence-corrected chi connectivity index (χ4v) is 1.63. The number of nitrogens with two attached hydrogens (primary N) is 1. The Morgan fingerprint density at radius 2 is 2.06 bits per heavy atom. The number of carbonyl (C=O) groups excluding carboxylic acids is 1. The number of benzene rings is 1. The molecule has 17 heavy (non-hydrogen) atoms. The molecule has 0 heterocycles. The van der Waals surface area contributed by atoms with Gasteiger partial charge in [0.25, 0.3) is 5.91 Å². The first-order chi connectivity index (χ1) is 7.84. The van der Waals surface area contributed by atoms with Crippen LogP contribution in [0.15, 0.2) is 18.2 Å². The number of hydrogen-bond acceptors (Lipinski definition) is 3. The summed E-state index contributed by atoms with van der Waals surface area (Å²) in [4.78, 5) is 11.9. The standard InChI is InChI=1S/C13H20N2OS/c1-9-5-10(7-11(14)6-9)12(16)15-8-13(2,3)17-4/h5-7H,8,14H2,1-4H3,(H,15,16). The average molecular weight is 252 g/mol. The molecule has 0 aliphatic rings. The van der Waals surface area contributed by atoms with E-state index in [0.717, 1.165) is 5.56 Å². The summed E-state index contributed by atoms with van der Waals surface area (Å²) in [6.07, 6.45) is 2.04. The van der Waals surface area contributed by atoms with Crippen LogP contribution in [0.5, 0.6) is 0 Å². The Morgan fingerprint density at radius 3 is 2.59 bits per heavy atom. The third-order valence-corrected chi connectivity index (χ3v) is 3.84. The van der Waals surface area contributed by atoms with Crippen molar-refractivity contribution in [2.75, 3.05) is 18.5 Å². The minimum atomic E-state index is -0.0671. The van der Waals surface area contributed by atoms with Crippen LogP contribution >= 0.6 is 11.8 Å². The van der Waals surface area contributed by atoms with Gasteiger partial charge in [0.15, 0.2) is 0 Å². The lowest BCUT2D eigenvalue weighted by molar-refractivity contribution is 0.0951.